The highest BCUT2D eigenvalue weighted by Crippen LogP contribution is 2.40. The van der Waals surface area contributed by atoms with E-state index in [0.29, 0.717) is 11.8 Å². The number of rotatable bonds is 3. The van der Waals surface area contributed by atoms with Crippen LogP contribution < -0.4 is 5.56 Å². The summed E-state index contributed by atoms with van der Waals surface area (Å²) in [6.07, 6.45) is 4.81. The van der Waals surface area contributed by atoms with Crippen molar-refractivity contribution in [1.82, 2.24) is 14.5 Å². The summed E-state index contributed by atoms with van der Waals surface area (Å²) in [5.41, 5.74) is 4.44. The van der Waals surface area contributed by atoms with E-state index >= 15 is 0 Å². The molecule has 3 aromatic heterocycles. The maximum Gasteiger partial charge on any atom is 0.250 e. The molecule has 0 saturated carbocycles. The molecule has 2 aliphatic heterocycles. The van der Waals surface area contributed by atoms with Crippen LogP contribution in [0.5, 0.6) is 0 Å². The molecule has 1 aromatic carbocycles. The number of para-hydroxylation sites is 1. The van der Waals surface area contributed by atoms with E-state index in [9.17, 15) is 4.79 Å². The molecule has 5 heteroatoms. The third-order valence-electron chi connectivity index (χ3n) is 6.49. The number of aromatic nitrogens is 2. The number of pyridine rings is 2. The number of benzene rings is 1. The van der Waals surface area contributed by atoms with Gasteiger partial charge in [-0.25, -0.2) is 0 Å². The third-order valence-corrected chi connectivity index (χ3v) is 6.49. The number of nitrogens with zero attached hydrogens (tertiary/aromatic N) is 3. The second-order valence-corrected chi connectivity index (χ2v) is 8.57. The first kappa shape index (κ1) is 17.7. The fourth-order valence-corrected chi connectivity index (χ4v) is 5.34. The zero-order chi connectivity index (χ0) is 20.1. The molecule has 6 rings (SSSR count). The Morgan fingerprint density at radius 1 is 1.03 bits per heavy atom. The molecule has 2 aliphatic rings. The van der Waals surface area contributed by atoms with Crippen LogP contribution >= 0.6 is 0 Å². The lowest BCUT2D eigenvalue weighted by Gasteiger charge is -2.43. The molecule has 1 saturated heterocycles. The topological polar surface area (TPSA) is 51.3 Å². The largest absolute Gasteiger partial charge is 0.460 e. The molecule has 150 valence electrons. The zero-order valence-electron chi connectivity index (χ0n) is 16.7. The quantitative estimate of drug-likeness (QED) is 0.518. The van der Waals surface area contributed by atoms with Crippen molar-refractivity contribution in [2.75, 3.05) is 13.1 Å². The summed E-state index contributed by atoms with van der Waals surface area (Å²) in [5, 5.41) is 1.15. The average molecular weight is 397 g/mol. The van der Waals surface area contributed by atoms with E-state index in [2.05, 4.69) is 28.1 Å². The van der Waals surface area contributed by atoms with Gasteiger partial charge in [-0.15, -0.1) is 0 Å². The SMILES string of the molecule is O=c1ccc(-c2cccnc2)c2n1CC1CC2CN(Cc2cc3ccccc3o2)C1. The Kier molecular flexibility index (Phi) is 4.09. The Labute approximate surface area is 174 Å². The highest BCUT2D eigenvalue weighted by Gasteiger charge is 2.36. The Morgan fingerprint density at radius 3 is 2.83 bits per heavy atom. The standard InChI is InChI=1S/C25H23N3O2/c29-24-8-7-22(19-5-3-9-26-12-19)25-20-10-17(14-28(24)25)13-27(15-20)16-21-11-18-4-1-2-6-23(18)30-21/h1-9,11-12,17,20H,10,13-16H2. The Hall–Kier alpha value is -3.18. The summed E-state index contributed by atoms with van der Waals surface area (Å²) < 4.78 is 8.08. The fraction of sp³-hybridized carbons (Fsp3) is 0.280. The van der Waals surface area contributed by atoms with Gasteiger partial charge < -0.3 is 8.98 Å². The second kappa shape index (κ2) is 6.96. The molecule has 5 nitrogen and oxygen atoms in total. The van der Waals surface area contributed by atoms with E-state index in [-0.39, 0.29) is 5.56 Å². The Morgan fingerprint density at radius 2 is 1.97 bits per heavy atom. The van der Waals surface area contributed by atoms with Crippen LogP contribution in [0.2, 0.25) is 0 Å². The number of likely N-dealkylation sites (tertiary alicyclic amines) is 1. The zero-order valence-corrected chi connectivity index (χ0v) is 16.7. The second-order valence-electron chi connectivity index (χ2n) is 8.57. The summed E-state index contributed by atoms with van der Waals surface area (Å²) in [6, 6.07) is 18.0. The number of hydrogen-bond acceptors (Lipinski definition) is 4. The molecule has 0 radical (unpaired) electrons. The van der Waals surface area contributed by atoms with Crippen LogP contribution in [-0.4, -0.2) is 27.5 Å². The van der Waals surface area contributed by atoms with E-state index in [1.807, 2.05) is 41.1 Å². The minimum Gasteiger partial charge on any atom is -0.460 e. The molecule has 5 heterocycles. The van der Waals surface area contributed by atoms with E-state index in [4.69, 9.17) is 4.42 Å². The number of fused-ring (bicyclic) bond motifs is 5. The van der Waals surface area contributed by atoms with Crippen molar-refractivity contribution in [1.29, 1.82) is 0 Å². The molecule has 0 spiro atoms. The molecule has 0 amide bonds. The van der Waals surface area contributed by atoms with Gasteiger partial charge in [0.25, 0.3) is 5.56 Å². The van der Waals surface area contributed by atoms with Crippen molar-refractivity contribution in [3.8, 4) is 11.1 Å². The fourth-order valence-electron chi connectivity index (χ4n) is 5.34. The van der Waals surface area contributed by atoms with Crippen LogP contribution in [0.1, 0.15) is 23.8 Å². The van der Waals surface area contributed by atoms with E-state index in [1.165, 1.54) is 5.69 Å². The van der Waals surface area contributed by atoms with Crippen LogP contribution in [-0.2, 0) is 13.1 Å². The van der Waals surface area contributed by atoms with Gasteiger partial charge in [-0.1, -0.05) is 24.3 Å². The van der Waals surface area contributed by atoms with Crippen molar-refractivity contribution in [2.24, 2.45) is 5.92 Å². The van der Waals surface area contributed by atoms with E-state index in [1.54, 1.807) is 12.3 Å². The maximum atomic E-state index is 12.7. The Bertz CT molecular complexity index is 1240. The molecular formula is C25H23N3O2. The highest BCUT2D eigenvalue weighted by atomic mass is 16.3. The van der Waals surface area contributed by atoms with Gasteiger partial charge in [0.1, 0.15) is 11.3 Å². The van der Waals surface area contributed by atoms with E-state index in [0.717, 1.165) is 60.5 Å². The van der Waals surface area contributed by atoms with Crippen LogP contribution in [0.4, 0.5) is 0 Å². The lowest BCUT2D eigenvalue weighted by molar-refractivity contribution is 0.109. The van der Waals surface area contributed by atoms with Crippen LogP contribution in [0.25, 0.3) is 22.1 Å². The molecule has 0 aliphatic carbocycles. The Balaban J connectivity index is 1.34. The van der Waals surface area contributed by atoms with Crippen molar-refractivity contribution in [3.63, 3.8) is 0 Å². The first-order valence-corrected chi connectivity index (χ1v) is 10.6. The summed E-state index contributed by atoms with van der Waals surface area (Å²) in [6.45, 7) is 3.52. The van der Waals surface area contributed by atoms with Crippen LogP contribution in [0.15, 0.2) is 76.2 Å². The minimum absolute atomic E-state index is 0.109. The normalized spacial score (nSPS) is 20.9. The third kappa shape index (κ3) is 2.97. The van der Waals surface area contributed by atoms with Crippen molar-refractivity contribution in [3.05, 3.63) is 88.8 Å². The predicted molar refractivity (Wildman–Crippen MR) is 116 cm³/mol. The maximum absolute atomic E-state index is 12.7. The summed E-state index contributed by atoms with van der Waals surface area (Å²) in [4.78, 5) is 19.5. The molecule has 4 aromatic rings. The summed E-state index contributed by atoms with van der Waals surface area (Å²) in [5.74, 6) is 1.84. The van der Waals surface area contributed by atoms with Gasteiger partial charge in [0.05, 0.1) is 6.54 Å². The van der Waals surface area contributed by atoms with Crippen molar-refractivity contribution in [2.45, 2.75) is 25.4 Å². The monoisotopic (exact) mass is 397 g/mol. The van der Waals surface area contributed by atoms with Gasteiger partial charge >= 0.3 is 0 Å². The molecule has 1 fully saturated rings. The predicted octanol–water partition coefficient (Wildman–Crippen LogP) is 4.28. The van der Waals surface area contributed by atoms with Crippen molar-refractivity contribution >= 4 is 11.0 Å². The first-order chi connectivity index (χ1) is 14.7. The molecule has 30 heavy (non-hydrogen) atoms. The lowest BCUT2D eigenvalue weighted by Crippen LogP contribution is -2.46. The van der Waals surface area contributed by atoms with Crippen molar-refractivity contribution < 1.29 is 4.42 Å². The number of piperidine rings is 1. The van der Waals surface area contributed by atoms with Gasteiger partial charge in [0.15, 0.2) is 0 Å². The van der Waals surface area contributed by atoms with Gasteiger partial charge in [0, 0.05) is 66.2 Å². The van der Waals surface area contributed by atoms with Gasteiger partial charge in [-0.05, 0) is 36.6 Å². The summed E-state index contributed by atoms with van der Waals surface area (Å²) >= 11 is 0. The van der Waals surface area contributed by atoms with E-state index < -0.39 is 0 Å². The molecular weight excluding hydrogens is 374 g/mol. The molecule has 2 unspecified atom stereocenters. The number of furan rings is 1. The van der Waals surface area contributed by atoms with Gasteiger partial charge in [0.2, 0.25) is 0 Å². The summed E-state index contributed by atoms with van der Waals surface area (Å²) in [7, 11) is 0. The molecule has 2 atom stereocenters. The van der Waals surface area contributed by atoms with Gasteiger partial charge in [-0.3, -0.25) is 14.7 Å². The average Bonchev–Trinajstić information content (AvgIpc) is 3.17. The minimum atomic E-state index is 0.109. The first-order valence-electron chi connectivity index (χ1n) is 10.6. The number of hydrogen-bond donors (Lipinski definition) is 0. The molecule has 2 bridgehead atoms. The van der Waals surface area contributed by atoms with Crippen LogP contribution in [0.3, 0.4) is 0 Å². The van der Waals surface area contributed by atoms with Crippen LogP contribution in [0, 0.1) is 5.92 Å². The molecule has 0 N–H and O–H groups in total. The lowest BCUT2D eigenvalue weighted by atomic mass is 9.80. The highest BCUT2D eigenvalue weighted by molar-refractivity contribution is 5.77. The smallest absolute Gasteiger partial charge is 0.250 e. The van der Waals surface area contributed by atoms with Gasteiger partial charge in [-0.2, -0.15) is 0 Å².